The third-order valence-corrected chi connectivity index (χ3v) is 4.08. The number of phenolic OH excluding ortho intramolecular Hbond substituents is 1. The van der Waals surface area contributed by atoms with Crippen LogP contribution in [0, 0.1) is 0 Å². The predicted molar refractivity (Wildman–Crippen MR) is 91.7 cm³/mol. The minimum Gasteiger partial charge on any atom is -0.508 e. The molecule has 3 aromatic rings. The molecular formula is C19H18F3N3O. The summed E-state index contributed by atoms with van der Waals surface area (Å²) < 4.78 is 41.3. The van der Waals surface area contributed by atoms with Gasteiger partial charge in [-0.15, -0.1) is 0 Å². The maximum absolute atomic E-state index is 13.3. The van der Waals surface area contributed by atoms with Gasteiger partial charge in [-0.25, -0.2) is 4.98 Å². The summed E-state index contributed by atoms with van der Waals surface area (Å²) in [5, 5.41) is 9.57. The molecule has 1 aromatic heterocycles. The Balaban J connectivity index is 1.98. The highest BCUT2D eigenvalue weighted by Crippen LogP contribution is 2.33. The molecule has 3 rings (SSSR count). The van der Waals surface area contributed by atoms with Crippen LogP contribution in [0.15, 0.2) is 60.9 Å². The van der Waals surface area contributed by atoms with Crippen molar-refractivity contribution in [1.29, 1.82) is 0 Å². The number of alkyl halides is 3. The van der Waals surface area contributed by atoms with Crippen molar-refractivity contribution < 1.29 is 18.3 Å². The number of halogens is 3. The number of benzene rings is 2. The summed E-state index contributed by atoms with van der Waals surface area (Å²) in [6.07, 6.45) is -2.96. The topological polar surface area (TPSA) is 64.1 Å². The van der Waals surface area contributed by atoms with Crippen LogP contribution >= 0.6 is 0 Å². The van der Waals surface area contributed by atoms with Crippen LogP contribution in [0.5, 0.6) is 5.75 Å². The lowest BCUT2D eigenvalue weighted by Gasteiger charge is -2.19. The second-order valence-corrected chi connectivity index (χ2v) is 6.06. The molecule has 2 aromatic carbocycles. The smallest absolute Gasteiger partial charge is 0.409 e. The molecule has 0 saturated heterocycles. The summed E-state index contributed by atoms with van der Waals surface area (Å²) in [6, 6.07) is 13.4. The van der Waals surface area contributed by atoms with Crippen molar-refractivity contribution >= 4 is 0 Å². The molecule has 136 valence electrons. The Bertz CT molecular complexity index is 875. The summed E-state index contributed by atoms with van der Waals surface area (Å²) >= 11 is 0. The van der Waals surface area contributed by atoms with Gasteiger partial charge in [0.25, 0.3) is 0 Å². The predicted octanol–water partition coefficient (Wildman–Crippen LogP) is 3.79. The molecule has 0 bridgehead atoms. The number of hydrogen-bond donors (Lipinski definition) is 2. The Morgan fingerprint density at radius 1 is 1.04 bits per heavy atom. The van der Waals surface area contributed by atoms with Gasteiger partial charge in [0.15, 0.2) is 0 Å². The van der Waals surface area contributed by atoms with E-state index in [2.05, 4.69) is 4.98 Å². The number of hydrogen-bond acceptors (Lipinski definition) is 3. The van der Waals surface area contributed by atoms with Gasteiger partial charge in [0.1, 0.15) is 11.8 Å². The molecule has 26 heavy (non-hydrogen) atoms. The minimum atomic E-state index is -4.58. The zero-order chi connectivity index (χ0) is 18.7. The number of rotatable bonds is 5. The molecule has 0 amide bonds. The molecule has 0 spiro atoms. The first-order valence-electron chi connectivity index (χ1n) is 8.02. The second kappa shape index (κ2) is 7.21. The average Bonchev–Trinajstić information content (AvgIpc) is 2.96. The molecule has 1 unspecified atom stereocenters. The lowest BCUT2D eigenvalue weighted by molar-refractivity contribution is -0.150. The van der Waals surface area contributed by atoms with Gasteiger partial charge in [-0.3, -0.25) is 0 Å². The van der Waals surface area contributed by atoms with E-state index in [1.807, 2.05) is 30.3 Å². The van der Waals surface area contributed by atoms with Crippen LogP contribution in [0.3, 0.4) is 0 Å². The standard InChI is InChI=1S/C19H18F3N3O/c20-19(21,22)18(23)17-16(10-13-5-2-1-3-6-13)24-12-25(17)11-14-7-4-8-15(26)9-14/h1-9,12,18,26H,10-11,23H2. The van der Waals surface area contributed by atoms with Crippen molar-refractivity contribution in [3.63, 3.8) is 0 Å². The molecule has 0 fully saturated rings. The minimum absolute atomic E-state index is 0.0498. The van der Waals surface area contributed by atoms with Crippen LogP contribution in [-0.4, -0.2) is 20.8 Å². The van der Waals surface area contributed by atoms with E-state index in [1.165, 1.54) is 23.0 Å². The molecule has 1 atom stereocenters. The Hall–Kier alpha value is -2.80. The molecule has 0 aliphatic carbocycles. The fraction of sp³-hybridized carbons (Fsp3) is 0.211. The molecule has 4 nitrogen and oxygen atoms in total. The average molecular weight is 361 g/mol. The Morgan fingerprint density at radius 3 is 2.38 bits per heavy atom. The molecule has 7 heteroatoms. The van der Waals surface area contributed by atoms with Crippen molar-refractivity contribution in [2.75, 3.05) is 0 Å². The van der Waals surface area contributed by atoms with Gasteiger partial charge in [-0.05, 0) is 23.3 Å². The van der Waals surface area contributed by atoms with Crippen LogP contribution in [0.2, 0.25) is 0 Å². The fourth-order valence-electron chi connectivity index (χ4n) is 2.85. The van der Waals surface area contributed by atoms with Crippen molar-refractivity contribution in [1.82, 2.24) is 9.55 Å². The highest BCUT2D eigenvalue weighted by atomic mass is 19.4. The van der Waals surface area contributed by atoms with Crippen LogP contribution in [0.4, 0.5) is 13.2 Å². The first-order chi connectivity index (χ1) is 12.3. The number of phenols is 1. The van der Waals surface area contributed by atoms with Gasteiger partial charge in [0.05, 0.1) is 17.7 Å². The number of aromatic hydroxyl groups is 1. The fourth-order valence-corrected chi connectivity index (χ4v) is 2.85. The third-order valence-electron chi connectivity index (χ3n) is 4.08. The third kappa shape index (κ3) is 4.05. The van der Waals surface area contributed by atoms with Crippen molar-refractivity contribution in [2.24, 2.45) is 5.73 Å². The van der Waals surface area contributed by atoms with E-state index in [-0.39, 0.29) is 24.4 Å². The SMILES string of the molecule is NC(c1c(Cc2ccccc2)ncn1Cc1cccc(O)c1)C(F)(F)F. The Labute approximate surface area is 148 Å². The van der Waals surface area contributed by atoms with Gasteiger partial charge >= 0.3 is 6.18 Å². The van der Waals surface area contributed by atoms with E-state index in [9.17, 15) is 18.3 Å². The van der Waals surface area contributed by atoms with Crippen LogP contribution in [0.1, 0.15) is 28.6 Å². The molecule has 3 N–H and O–H groups in total. The number of nitrogens with two attached hydrogens (primary N) is 1. The summed E-state index contributed by atoms with van der Waals surface area (Å²) in [5.74, 6) is 0.0498. The van der Waals surface area contributed by atoms with Crippen molar-refractivity contribution in [2.45, 2.75) is 25.2 Å². The van der Waals surface area contributed by atoms with Gasteiger partial charge in [-0.1, -0.05) is 42.5 Å². The van der Waals surface area contributed by atoms with E-state index in [4.69, 9.17) is 5.73 Å². The maximum Gasteiger partial charge on any atom is 0.409 e. The lowest BCUT2D eigenvalue weighted by Crippen LogP contribution is -2.31. The van der Waals surface area contributed by atoms with Gasteiger partial charge in [0.2, 0.25) is 0 Å². The molecule has 0 radical (unpaired) electrons. The van der Waals surface area contributed by atoms with Crippen LogP contribution < -0.4 is 5.73 Å². The normalized spacial score (nSPS) is 12.9. The Kier molecular flexibility index (Phi) is 4.99. The quantitative estimate of drug-likeness (QED) is 0.727. The van der Waals surface area contributed by atoms with E-state index in [1.54, 1.807) is 12.1 Å². The van der Waals surface area contributed by atoms with E-state index in [0.717, 1.165) is 5.56 Å². The summed E-state index contributed by atoms with van der Waals surface area (Å²) in [7, 11) is 0. The monoisotopic (exact) mass is 361 g/mol. The highest BCUT2D eigenvalue weighted by Gasteiger charge is 2.41. The first kappa shape index (κ1) is 18.0. The lowest BCUT2D eigenvalue weighted by atomic mass is 10.0. The molecule has 1 heterocycles. The van der Waals surface area contributed by atoms with Crippen LogP contribution in [0.25, 0.3) is 0 Å². The number of nitrogens with zero attached hydrogens (tertiary/aromatic N) is 2. The number of imidazole rings is 1. The van der Waals surface area contributed by atoms with Gasteiger partial charge in [-0.2, -0.15) is 13.2 Å². The molecule has 0 saturated carbocycles. The molecular weight excluding hydrogens is 343 g/mol. The largest absolute Gasteiger partial charge is 0.508 e. The summed E-state index contributed by atoms with van der Waals surface area (Å²) in [6.45, 7) is 0.134. The summed E-state index contributed by atoms with van der Waals surface area (Å²) in [4.78, 5) is 4.19. The second-order valence-electron chi connectivity index (χ2n) is 6.06. The summed E-state index contributed by atoms with van der Waals surface area (Å²) in [5.41, 5.74) is 7.26. The van der Waals surface area contributed by atoms with E-state index < -0.39 is 12.2 Å². The van der Waals surface area contributed by atoms with Crippen LogP contribution in [-0.2, 0) is 13.0 Å². The zero-order valence-electron chi connectivity index (χ0n) is 13.8. The maximum atomic E-state index is 13.3. The molecule has 0 aliphatic rings. The molecule has 0 aliphatic heterocycles. The first-order valence-corrected chi connectivity index (χ1v) is 8.02. The van der Waals surface area contributed by atoms with Crippen molar-refractivity contribution in [3.8, 4) is 5.75 Å². The zero-order valence-corrected chi connectivity index (χ0v) is 13.8. The van der Waals surface area contributed by atoms with Gasteiger partial charge < -0.3 is 15.4 Å². The highest BCUT2D eigenvalue weighted by molar-refractivity contribution is 5.30. The van der Waals surface area contributed by atoms with E-state index in [0.29, 0.717) is 11.3 Å². The Morgan fingerprint density at radius 2 is 1.73 bits per heavy atom. The van der Waals surface area contributed by atoms with Gasteiger partial charge in [0, 0.05) is 13.0 Å². The van der Waals surface area contributed by atoms with E-state index >= 15 is 0 Å². The number of aromatic nitrogens is 2. The van der Waals surface area contributed by atoms with Crippen molar-refractivity contribution in [3.05, 3.63) is 83.4 Å².